The first-order valence-corrected chi connectivity index (χ1v) is 10.6. The third-order valence-corrected chi connectivity index (χ3v) is 7.66. The second-order valence-corrected chi connectivity index (χ2v) is 9.23. The van der Waals surface area contributed by atoms with Crippen LogP contribution < -0.4 is 10.6 Å². The highest BCUT2D eigenvalue weighted by Crippen LogP contribution is 2.61. The normalized spacial score (nSPS) is 37.7. The Morgan fingerprint density at radius 1 is 0.870 bits per heavy atom. The predicted octanol–water partition coefficient (Wildman–Crippen LogP) is 4.74. The molecule has 23 heavy (non-hydrogen) atoms. The van der Waals surface area contributed by atoms with Crippen molar-refractivity contribution < 1.29 is 0 Å². The Morgan fingerprint density at radius 2 is 1.52 bits per heavy atom. The second-order valence-electron chi connectivity index (χ2n) is 9.23. The van der Waals surface area contributed by atoms with Gasteiger partial charge in [0.05, 0.1) is 0 Å². The molecule has 0 spiro atoms. The Kier molecular flexibility index (Phi) is 6.07. The number of hydrogen-bond acceptors (Lipinski definition) is 2. The molecule has 4 aliphatic rings. The Morgan fingerprint density at radius 3 is 2.17 bits per heavy atom. The van der Waals surface area contributed by atoms with E-state index in [-0.39, 0.29) is 0 Å². The van der Waals surface area contributed by atoms with Crippen molar-refractivity contribution in [2.24, 2.45) is 23.2 Å². The van der Waals surface area contributed by atoms with Gasteiger partial charge in [-0.25, -0.2) is 0 Å². The van der Waals surface area contributed by atoms with E-state index in [1.165, 1.54) is 64.2 Å². The van der Waals surface area contributed by atoms with E-state index in [9.17, 15) is 0 Å². The van der Waals surface area contributed by atoms with Crippen molar-refractivity contribution in [3.05, 3.63) is 0 Å². The van der Waals surface area contributed by atoms with Gasteiger partial charge in [-0.3, -0.25) is 0 Å². The van der Waals surface area contributed by atoms with Gasteiger partial charge in [0.25, 0.3) is 0 Å². The van der Waals surface area contributed by atoms with E-state index in [0.29, 0.717) is 5.41 Å². The molecule has 0 aromatic rings. The number of nitrogens with one attached hydrogen (secondary N) is 2. The van der Waals surface area contributed by atoms with Crippen LogP contribution in [0.1, 0.15) is 85.0 Å². The molecule has 0 aromatic carbocycles. The van der Waals surface area contributed by atoms with E-state index in [1.54, 1.807) is 0 Å². The maximum Gasteiger partial charge on any atom is 0.0101 e. The lowest BCUT2D eigenvalue weighted by Gasteiger charge is -2.63. The van der Waals surface area contributed by atoms with Gasteiger partial charge >= 0.3 is 0 Å². The van der Waals surface area contributed by atoms with Gasteiger partial charge < -0.3 is 10.6 Å². The van der Waals surface area contributed by atoms with Gasteiger partial charge in [0.2, 0.25) is 0 Å². The molecular weight excluding hydrogens is 280 g/mol. The first kappa shape index (κ1) is 17.7. The molecule has 0 saturated heterocycles. The molecule has 2 bridgehead atoms. The minimum Gasteiger partial charge on any atom is -0.313 e. The van der Waals surface area contributed by atoms with Crippen molar-refractivity contribution in [1.82, 2.24) is 10.6 Å². The molecule has 4 aliphatic carbocycles. The van der Waals surface area contributed by atoms with Crippen LogP contribution >= 0.6 is 0 Å². The fourth-order valence-corrected chi connectivity index (χ4v) is 5.94. The third-order valence-electron chi connectivity index (χ3n) is 7.66. The van der Waals surface area contributed by atoms with Gasteiger partial charge in [-0.1, -0.05) is 59.3 Å². The Balaban J connectivity index is 1.37. The molecule has 4 saturated carbocycles. The van der Waals surface area contributed by atoms with Gasteiger partial charge in [-0.2, -0.15) is 0 Å². The van der Waals surface area contributed by atoms with Crippen molar-refractivity contribution in [2.45, 2.75) is 97.1 Å². The van der Waals surface area contributed by atoms with Gasteiger partial charge in [0.15, 0.2) is 0 Å². The maximum atomic E-state index is 3.93. The van der Waals surface area contributed by atoms with Crippen LogP contribution in [0.3, 0.4) is 0 Å². The summed E-state index contributed by atoms with van der Waals surface area (Å²) in [4.78, 5) is 0. The summed E-state index contributed by atoms with van der Waals surface area (Å²) in [6, 6.07) is 1.58. The standard InChI is InChI=1S/C21H40N2/c1-4-18-19-14-16(21(19,2)3)15-20(18)23-13-12-22-17-10-8-6-5-7-9-11-17/h16-20,22-23H,4-15H2,1-3H3/t16-,18+,19+,20+/m1/s1. The van der Waals surface area contributed by atoms with E-state index in [1.807, 2.05) is 0 Å². The summed E-state index contributed by atoms with van der Waals surface area (Å²) >= 11 is 0. The van der Waals surface area contributed by atoms with Crippen molar-refractivity contribution in [3.63, 3.8) is 0 Å². The number of fused-ring (bicyclic) bond motifs is 2. The molecule has 4 rings (SSSR count). The molecule has 4 atom stereocenters. The van der Waals surface area contributed by atoms with Crippen LogP contribution in [0.4, 0.5) is 0 Å². The van der Waals surface area contributed by atoms with Gasteiger partial charge in [-0.15, -0.1) is 0 Å². The number of rotatable bonds is 6. The SMILES string of the molecule is CC[C@@H]1[C@@H](NCCNC2CCCCCCC2)C[C@H]2C[C@@H]1C2(C)C. The van der Waals surface area contributed by atoms with Crippen LogP contribution in [-0.2, 0) is 0 Å². The summed E-state index contributed by atoms with van der Waals surface area (Å²) in [5.41, 5.74) is 0.621. The summed E-state index contributed by atoms with van der Waals surface area (Å²) in [5.74, 6) is 2.87. The van der Waals surface area contributed by atoms with E-state index in [2.05, 4.69) is 31.4 Å². The van der Waals surface area contributed by atoms with Crippen molar-refractivity contribution in [2.75, 3.05) is 13.1 Å². The zero-order valence-electron chi connectivity index (χ0n) is 15.9. The molecule has 2 heteroatoms. The number of hydrogen-bond donors (Lipinski definition) is 2. The van der Waals surface area contributed by atoms with E-state index in [4.69, 9.17) is 0 Å². The van der Waals surface area contributed by atoms with Crippen molar-refractivity contribution >= 4 is 0 Å². The summed E-state index contributed by atoms with van der Waals surface area (Å²) in [6.45, 7) is 9.76. The van der Waals surface area contributed by atoms with Gasteiger partial charge in [0, 0.05) is 25.2 Å². The van der Waals surface area contributed by atoms with Crippen LogP contribution in [0.2, 0.25) is 0 Å². The average molecular weight is 321 g/mol. The Labute approximate surface area is 144 Å². The highest BCUT2D eigenvalue weighted by molar-refractivity contribution is 5.07. The largest absolute Gasteiger partial charge is 0.313 e. The lowest BCUT2D eigenvalue weighted by atomic mass is 9.44. The molecule has 0 radical (unpaired) electrons. The Hall–Kier alpha value is -0.0800. The van der Waals surface area contributed by atoms with E-state index in [0.717, 1.165) is 42.9 Å². The molecule has 0 amide bonds. The Bertz CT molecular complexity index is 357. The molecule has 0 heterocycles. The zero-order valence-corrected chi connectivity index (χ0v) is 15.9. The van der Waals surface area contributed by atoms with Crippen molar-refractivity contribution in [3.8, 4) is 0 Å². The fraction of sp³-hybridized carbons (Fsp3) is 1.00. The topological polar surface area (TPSA) is 24.1 Å². The first-order valence-electron chi connectivity index (χ1n) is 10.6. The van der Waals surface area contributed by atoms with Crippen LogP contribution in [0.5, 0.6) is 0 Å². The summed E-state index contributed by atoms with van der Waals surface area (Å²) in [7, 11) is 0. The van der Waals surface area contributed by atoms with Crippen LogP contribution in [-0.4, -0.2) is 25.2 Å². The van der Waals surface area contributed by atoms with E-state index < -0.39 is 0 Å². The summed E-state index contributed by atoms with van der Waals surface area (Å²) in [6.07, 6.45) is 14.3. The van der Waals surface area contributed by atoms with Crippen LogP contribution in [0.25, 0.3) is 0 Å². The van der Waals surface area contributed by atoms with Crippen LogP contribution in [0, 0.1) is 23.2 Å². The molecule has 2 nitrogen and oxygen atoms in total. The summed E-state index contributed by atoms with van der Waals surface area (Å²) in [5, 5.41) is 7.76. The lowest BCUT2D eigenvalue weighted by Crippen LogP contribution is -2.61. The summed E-state index contributed by atoms with van der Waals surface area (Å²) < 4.78 is 0. The first-order chi connectivity index (χ1) is 11.1. The quantitative estimate of drug-likeness (QED) is 0.691. The predicted molar refractivity (Wildman–Crippen MR) is 99.7 cm³/mol. The average Bonchev–Trinajstić information content (AvgIpc) is 2.52. The molecule has 0 aliphatic heterocycles. The van der Waals surface area contributed by atoms with Crippen molar-refractivity contribution in [1.29, 1.82) is 0 Å². The molecule has 0 unspecified atom stereocenters. The highest BCUT2D eigenvalue weighted by atomic mass is 15.0. The monoisotopic (exact) mass is 320 g/mol. The molecule has 134 valence electrons. The molecule has 2 N–H and O–H groups in total. The maximum absolute atomic E-state index is 3.93. The third kappa shape index (κ3) is 3.95. The smallest absolute Gasteiger partial charge is 0.0101 e. The lowest BCUT2D eigenvalue weighted by molar-refractivity contribution is -0.121. The van der Waals surface area contributed by atoms with Gasteiger partial charge in [0.1, 0.15) is 0 Å². The van der Waals surface area contributed by atoms with Gasteiger partial charge in [-0.05, 0) is 48.9 Å². The fourth-order valence-electron chi connectivity index (χ4n) is 5.94. The molecule has 0 aromatic heterocycles. The minimum atomic E-state index is 0.621. The molecule has 4 fully saturated rings. The minimum absolute atomic E-state index is 0.621. The second kappa shape index (κ2) is 7.87. The zero-order chi connectivity index (χ0) is 16.3. The molecular formula is C21H40N2. The van der Waals surface area contributed by atoms with E-state index >= 15 is 0 Å². The highest BCUT2D eigenvalue weighted by Gasteiger charge is 2.56. The van der Waals surface area contributed by atoms with Crippen LogP contribution in [0.15, 0.2) is 0 Å².